The van der Waals surface area contributed by atoms with Gasteiger partial charge in [-0.3, -0.25) is 0 Å². The molecule has 28 heavy (non-hydrogen) atoms. The summed E-state index contributed by atoms with van der Waals surface area (Å²) in [6, 6.07) is 2.37. The molecule has 0 N–H and O–H groups in total. The number of halogens is 4. The Morgan fingerprint density at radius 2 is 1.93 bits per heavy atom. The van der Waals surface area contributed by atoms with Crippen molar-refractivity contribution in [3.05, 3.63) is 52.2 Å². The molecule has 0 aliphatic heterocycles. The quantitative estimate of drug-likeness (QED) is 0.619. The van der Waals surface area contributed by atoms with Gasteiger partial charge in [-0.2, -0.15) is 0 Å². The first-order valence-corrected chi connectivity index (χ1v) is 9.68. The van der Waals surface area contributed by atoms with E-state index in [2.05, 4.69) is 14.7 Å². The zero-order valence-corrected chi connectivity index (χ0v) is 16.3. The molecule has 1 heterocycles. The molecule has 12 heteroatoms. The highest BCUT2D eigenvalue weighted by Gasteiger charge is 2.33. The summed E-state index contributed by atoms with van der Waals surface area (Å²) in [5.41, 5.74) is -0.557. The number of hydrogen-bond donors (Lipinski definition) is 0. The number of benzene rings is 1. The van der Waals surface area contributed by atoms with Gasteiger partial charge in [0.05, 0.1) is 24.4 Å². The molecule has 0 radical (unpaired) electrons. The van der Waals surface area contributed by atoms with Crippen LogP contribution < -0.4 is 4.31 Å². The number of hydrogen-bond acceptors (Lipinski definition) is 6. The van der Waals surface area contributed by atoms with Gasteiger partial charge in [0, 0.05) is 18.0 Å². The lowest BCUT2D eigenvalue weighted by atomic mass is 10.1. The zero-order valence-electron chi connectivity index (χ0n) is 14.7. The molecule has 0 saturated heterocycles. The number of methoxy groups -OCH3 is 1. The molecule has 0 spiro atoms. The van der Waals surface area contributed by atoms with Crippen molar-refractivity contribution in [2.45, 2.75) is 19.1 Å². The van der Waals surface area contributed by atoms with E-state index in [0.717, 1.165) is 25.6 Å². The third-order valence-corrected chi connectivity index (χ3v) is 5.81. The minimum absolute atomic E-state index is 0.145. The zero-order chi connectivity index (χ0) is 21.1. The normalized spacial score (nSPS) is 11.5. The van der Waals surface area contributed by atoms with Crippen molar-refractivity contribution in [2.75, 3.05) is 18.0 Å². The van der Waals surface area contributed by atoms with Crippen LogP contribution in [0.15, 0.2) is 24.5 Å². The average Bonchev–Trinajstić information content (AvgIpc) is 2.65. The molecule has 0 amide bonds. The Labute approximate surface area is 164 Å². The summed E-state index contributed by atoms with van der Waals surface area (Å²) in [6.07, 6.45) is -1.02. The summed E-state index contributed by atoms with van der Waals surface area (Å²) < 4.78 is 70.8. The van der Waals surface area contributed by atoms with Crippen molar-refractivity contribution < 1.29 is 31.1 Å². The number of aryl methyl sites for hydroxylation is 1. The molecule has 0 aliphatic carbocycles. The van der Waals surface area contributed by atoms with Crippen molar-refractivity contribution >= 4 is 33.4 Å². The van der Waals surface area contributed by atoms with Gasteiger partial charge in [0.25, 0.3) is 6.43 Å². The van der Waals surface area contributed by atoms with Gasteiger partial charge in [-0.05, 0) is 18.6 Å². The third-order valence-electron chi connectivity index (χ3n) is 3.64. The number of aromatic nitrogens is 2. The highest BCUT2D eigenvalue weighted by molar-refractivity contribution is 7.92. The number of nitrogens with zero attached hydrogens (tertiary/aromatic N) is 3. The molecule has 0 aliphatic rings. The first-order chi connectivity index (χ1) is 13.1. The van der Waals surface area contributed by atoms with Crippen LogP contribution >= 0.6 is 11.6 Å². The second-order valence-corrected chi connectivity index (χ2v) is 7.83. The van der Waals surface area contributed by atoms with Crippen LogP contribution in [0.3, 0.4) is 0 Å². The Morgan fingerprint density at radius 3 is 2.54 bits per heavy atom. The molecule has 0 saturated carbocycles. The summed E-state index contributed by atoms with van der Waals surface area (Å²) >= 11 is 5.99. The highest BCUT2D eigenvalue weighted by Crippen LogP contribution is 2.29. The lowest BCUT2D eigenvalue weighted by molar-refractivity contribution is 0.0594. The maximum atomic E-state index is 14.1. The summed E-state index contributed by atoms with van der Waals surface area (Å²) in [5.74, 6) is -3.66. The summed E-state index contributed by atoms with van der Waals surface area (Å²) in [5, 5.41) is -0.145. The van der Waals surface area contributed by atoms with E-state index >= 15 is 0 Å². The Morgan fingerprint density at radius 1 is 1.29 bits per heavy atom. The molecule has 2 rings (SSSR count). The van der Waals surface area contributed by atoms with E-state index in [9.17, 15) is 26.4 Å². The number of carbonyl (C=O) groups is 1. The van der Waals surface area contributed by atoms with Crippen LogP contribution in [0.2, 0.25) is 5.02 Å². The van der Waals surface area contributed by atoms with Gasteiger partial charge in [0.1, 0.15) is 5.82 Å². The largest absolute Gasteiger partial charge is 0.464 e. The van der Waals surface area contributed by atoms with E-state index in [-0.39, 0.29) is 14.9 Å². The van der Waals surface area contributed by atoms with E-state index in [1.165, 1.54) is 13.0 Å². The fourth-order valence-electron chi connectivity index (χ4n) is 2.32. The Hall–Kier alpha value is -2.40. The lowest BCUT2D eigenvalue weighted by Gasteiger charge is -2.24. The minimum Gasteiger partial charge on any atom is -0.464 e. The second-order valence-electron chi connectivity index (χ2n) is 5.56. The van der Waals surface area contributed by atoms with E-state index in [0.29, 0.717) is 5.56 Å². The molecule has 1 aromatic heterocycles. The molecule has 0 bridgehead atoms. The monoisotopic (exact) mass is 437 g/mol. The van der Waals surface area contributed by atoms with Gasteiger partial charge < -0.3 is 4.74 Å². The van der Waals surface area contributed by atoms with Gasteiger partial charge >= 0.3 is 5.97 Å². The molecule has 152 valence electrons. The Kier molecular flexibility index (Phi) is 6.83. The first kappa shape index (κ1) is 21.9. The van der Waals surface area contributed by atoms with Crippen molar-refractivity contribution in [3.63, 3.8) is 0 Å². The maximum Gasteiger partial charge on any atom is 0.360 e. The molecule has 2 aromatic rings. The van der Waals surface area contributed by atoms with Crippen LogP contribution in [0.1, 0.15) is 21.6 Å². The summed E-state index contributed by atoms with van der Waals surface area (Å²) in [6.45, 7) is 0.211. The van der Waals surface area contributed by atoms with Gasteiger partial charge in [-0.25, -0.2) is 40.7 Å². The van der Waals surface area contributed by atoms with Crippen LogP contribution in [0.5, 0.6) is 0 Å². The molecule has 0 unspecified atom stereocenters. The number of esters is 1. The van der Waals surface area contributed by atoms with E-state index in [4.69, 9.17) is 11.6 Å². The second kappa shape index (κ2) is 8.74. The maximum absolute atomic E-state index is 14.1. The molecule has 0 atom stereocenters. The molecular weight excluding hydrogens is 423 g/mol. The van der Waals surface area contributed by atoms with Crippen LogP contribution in [0.25, 0.3) is 0 Å². The number of carbonyl (C=O) groups excluding carboxylic acids is 1. The number of ether oxygens (including phenoxy) is 1. The number of sulfonamides is 1. The van der Waals surface area contributed by atoms with Gasteiger partial charge in [0.2, 0.25) is 10.0 Å². The standard InChI is InChI=1S/C16H15ClF3N3O4S/c1-9-3-4-11(18)10(13(9)17)8-28(25,26)23(7-12(19)20)15-14(16(24)27-2)21-5-6-22-15/h3-6,12H,7-8H2,1-2H3. The number of alkyl halides is 2. The van der Waals surface area contributed by atoms with Crippen molar-refractivity contribution in [1.82, 2.24) is 9.97 Å². The van der Waals surface area contributed by atoms with E-state index in [1.807, 2.05) is 0 Å². The third kappa shape index (κ3) is 4.71. The van der Waals surface area contributed by atoms with Gasteiger partial charge in [-0.1, -0.05) is 17.7 Å². The van der Waals surface area contributed by atoms with Gasteiger partial charge in [-0.15, -0.1) is 0 Å². The number of rotatable bonds is 7. The predicted molar refractivity (Wildman–Crippen MR) is 95.5 cm³/mol. The topological polar surface area (TPSA) is 89.5 Å². The average molecular weight is 438 g/mol. The molecule has 1 aromatic carbocycles. The predicted octanol–water partition coefficient (Wildman–Crippen LogP) is 2.97. The fraction of sp³-hybridized carbons (Fsp3) is 0.312. The first-order valence-electron chi connectivity index (χ1n) is 7.69. The SMILES string of the molecule is COC(=O)c1nccnc1N(CC(F)F)S(=O)(=O)Cc1c(F)ccc(C)c1Cl. The molecule has 7 nitrogen and oxygen atoms in total. The molecular formula is C16H15ClF3N3O4S. The Bertz CT molecular complexity index is 989. The fourth-order valence-corrected chi connectivity index (χ4v) is 4.16. The van der Waals surface area contributed by atoms with Crippen LogP contribution in [0.4, 0.5) is 19.0 Å². The van der Waals surface area contributed by atoms with Gasteiger partial charge in [0.15, 0.2) is 11.5 Å². The van der Waals surface area contributed by atoms with E-state index < -0.39 is 52.0 Å². The van der Waals surface area contributed by atoms with Crippen LogP contribution in [-0.4, -0.2) is 44.4 Å². The van der Waals surface area contributed by atoms with E-state index in [1.54, 1.807) is 0 Å². The van der Waals surface area contributed by atoms with Crippen LogP contribution in [0, 0.1) is 12.7 Å². The Balaban J connectivity index is 2.58. The number of anilines is 1. The smallest absolute Gasteiger partial charge is 0.360 e. The van der Waals surface area contributed by atoms with Crippen molar-refractivity contribution in [1.29, 1.82) is 0 Å². The van der Waals surface area contributed by atoms with Crippen LogP contribution in [-0.2, 0) is 20.5 Å². The highest BCUT2D eigenvalue weighted by atomic mass is 35.5. The van der Waals surface area contributed by atoms with Crippen molar-refractivity contribution in [3.8, 4) is 0 Å². The minimum atomic E-state index is -4.63. The lowest BCUT2D eigenvalue weighted by Crippen LogP contribution is -2.38. The summed E-state index contributed by atoms with van der Waals surface area (Å²) in [4.78, 5) is 19.2. The van der Waals surface area contributed by atoms with Crippen molar-refractivity contribution in [2.24, 2.45) is 0 Å². The molecule has 0 fully saturated rings. The summed E-state index contributed by atoms with van der Waals surface area (Å²) in [7, 11) is -3.62.